The van der Waals surface area contributed by atoms with E-state index in [0.29, 0.717) is 30.9 Å². The molecule has 14 heteroatoms. The Labute approximate surface area is 216 Å². The van der Waals surface area contributed by atoms with Crippen molar-refractivity contribution in [3.63, 3.8) is 0 Å². The van der Waals surface area contributed by atoms with E-state index in [9.17, 15) is 26.3 Å². The van der Waals surface area contributed by atoms with Crippen LogP contribution in [0.1, 0.15) is 26.2 Å². The molecule has 0 aromatic carbocycles. The van der Waals surface area contributed by atoms with Crippen LogP contribution in [-0.2, 0) is 9.57 Å². The molecule has 3 heterocycles. The fraction of sp³-hybridized carbons (Fsp3) is 0.500. The number of nitrogens with one attached hydrogen (secondary N) is 1. The molecule has 0 spiro atoms. The number of nitrogens with two attached hydrogens (primary N) is 1. The van der Waals surface area contributed by atoms with Crippen LogP contribution in [0.2, 0.25) is 0 Å². The van der Waals surface area contributed by atoms with Crippen LogP contribution < -0.4 is 20.9 Å². The van der Waals surface area contributed by atoms with Crippen molar-refractivity contribution in [2.24, 2.45) is 11.3 Å². The summed E-state index contributed by atoms with van der Waals surface area (Å²) in [5.74, 6) is 5.01. The van der Waals surface area contributed by atoms with Crippen molar-refractivity contribution < 1.29 is 45.4 Å². The lowest BCUT2D eigenvalue weighted by Gasteiger charge is -2.35. The van der Waals surface area contributed by atoms with Gasteiger partial charge in [0.2, 0.25) is 6.93 Å². The number of nitrogens with zero attached hydrogens (tertiary/aromatic N) is 2. The van der Waals surface area contributed by atoms with Gasteiger partial charge in [0.15, 0.2) is 5.75 Å². The second-order valence-electron chi connectivity index (χ2n) is 8.00. The van der Waals surface area contributed by atoms with Gasteiger partial charge in [0.25, 0.3) is 5.88 Å². The molecule has 3 rings (SSSR count). The molecule has 1 aliphatic heterocycles. The average molecular weight is 555 g/mol. The molecule has 2 aromatic rings. The second-order valence-corrected chi connectivity index (χ2v) is 8.00. The summed E-state index contributed by atoms with van der Waals surface area (Å²) in [4.78, 5) is 7.84. The van der Waals surface area contributed by atoms with Crippen molar-refractivity contribution in [2.45, 2.75) is 32.4 Å². The minimum Gasteiger partial charge on any atom is -0.485 e. The van der Waals surface area contributed by atoms with Crippen LogP contribution in [0.4, 0.5) is 26.3 Å². The molecule has 0 bridgehead atoms. The highest BCUT2D eigenvalue weighted by molar-refractivity contribution is 5.46. The normalized spacial score (nSPS) is 17.4. The quantitative estimate of drug-likeness (QED) is 0.330. The number of alkyl halides is 6. The minimum absolute atomic E-state index is 0.0306. The highest BCUT2D eigenvalue weighted by Crippen LogP contribution is 2.42. The van der Waals surface area contributed by atoms with Gasteiger partial charge in [0.05, 0.1) is 26.3 Å². The first kappa shape index (κ1) is 32.9. The Morgan fingerprint density at radius 1 is 1.26 bits per heavy atom. The highest BCUT2D eigenvalue weighted by atomic mass is 19.4. The molecule has 3 N–H and O–H groups in total. The molecular formula is C24H32F6N4O4. The van der Waals surface area contributed by atoms with E-state index in [0.717, 1.165) is 0 Å². The fourth-order valence-corrected chi connectivity index (χ4v) is 3.75. The van der Waals surface area contributed by atoms with E-state index in [1.165, 1.54) is 42.3 Å². The molecule has 0 amide bonds. The molecule has 1 aliphatic rings. The summed E-state index contributed by atoms with van der Waals surface area (Å²) < 4.78 is 89.3. The third kappa shape index (κ3) is 11.5. The smallest absolute Gasteiger partial charge is 0.390 e. The summed E-state index contributed by atoms with van der Waals surface area (Å²) >= 11 is 0. The van der Waals surface area contributed by atoms with Crippen LogP contribution in [0, 0.1) is 10.8 Å². The van der Waals surface area contributed by atoms with Crippen molar-refractivity contribution in [3.05, 3.63) is 48.2 Å². The molecule has 214 valence electrons. The molecule has 1 fully saturated rings. The van der Waals surface area contributed by atoms with Crippen LogP contribution in [0.15, 0.2) is 42.7 Å². The van der Waals surface area contributed by atoms with E-state index in [-0.39, 0.29) is 30.3 Å². The van der Waals surface area contributed by atoms with Crippen molar-refractivity contribution in [3.8, 4) is 17.4 Å². The standard InChI is InChI=1S/C22H25F4N3O3.CH2F2.CH5NO/c1-16(12-21(14-22(24,25)26)7-3-10-30-15-21)29-13-17(5-6-19(29)27)32-20-18(31-11-8-23)4-2-9-28-20;2-1-3;1-3-2/h2,4-6,9,12-13,27H,3,7-8,10-11,14-15H2,1H3;1H2;2H2,1H3/b16-12+,27-19?;;. The van der Waals surface area contributed by atoms with E-state index in [4.69, 9.17) is 19.6 Å². The first-order valence-corrected chi connectivity index (χ1v) is 11.3. The Kier molecular flexibility index (Phi) is 14.5. The Morgan fingerprint density at radius 2 is 1.95 bits per heavy atom. The van der Waals surface area contributed by atoms with E-state index in [1.54, 1.807) is 19.1 Å². The third-order valence-corrected chi connectivity index (χ3v) is 5.01. The molecular weight excluding hydrogens is 522 g/mol. The average Bonchev–Trinajstić information content (AvgIpc) is 2.85. The van der Waals surface area contributed by atoms with Gasteiger partial charge in [0.1, 0.15) is 24.5 Å². The molecule has 0 aliphatic carbocycles. The van der Waals surface area contributed by atoms with Gasteiger partial charge < -0.3 is 23.6 Å². The number of allylic oxidation sites excluding steroid dienone is 1. The Balaban J connectivity index is 0.00000110. The minimum atomic E-state index is -4.34. The Morgan fingerprint density at radius 3 is 2.53 bits per heavy atom. The summed E-state index contributed by atoms with van der Waals surface area (Å²) in [5.41, 5.74) is -0.671. The summed E-state index contributed by atoms with van der Waals surface area (Å²) in [6.07, 6.45) is 0.0564. The highest BCUT2D eigenvalue weighted by Gasteiger charge is 2.42. The van der Waals surface area contributed by atoms with Crippen LogP contribution in [-0.4, -0.2) is 56.3 Å². The SMILES string of the molecule is C/C(=C\C1(CC(F)(F)F)CCCOC1)n1cc(Oc2ncccc2OCCF)ccc1=N.CON.FCF. The van der Waals surface area contributed by atoms with Gasteiger partial charge in [-0.25, -0.2) is 24.1 Å². The zero-order valence-corrected chi connectivity index (χ0v) is 21.1. The van der Waals surface area contributed by atoms with Gasteiger partial charge >= 0.3 is 6.18 Å². The zero-order chi connectivity index (χ0) is 28.6. The maximum absolute atomic E-state index is 13.3. The first-order valence-electron chi connectivity index (χ1n) is 11.3. The molecule has 0 radical (unpaired) electrons. The predicted octanol–water partition coefficient (Wildman–Crippen LogP) is 5.50. The van der Waals surface area contributed by atoms with Gasteiger partial charge in [-0.05, 0) is 44.0 Å². The van der Waals surface area contributed by atoms with Crippen molar-refractivity contribution in [1.82, 2.24) is 9.55 Å². The second kappa shape index (κ2) is 16.7. The molecule has 1 saturated heterocycles. The molecule has 2 aromatic heterocycles. The molecule has 8 nitrogen and oxygen atoms in total. The lowest BCUT2D eigenvalue weighted by Crippen LogP contribution is -2.35. The molecule has 0 saturated carbocycles. The van der Waals surface area contributed by atoms with E-state index >= 15 is 0 Å². The summed E-state index contributed by atoms with van der Waals surface area (Å²) in [7, 11) is 1.40. The number of rotatable bonds is 8. The van der Waals surface area contributed by atoms with Crippen LogP contribution in [0.5, 0.6) is 17.4 Å². The first-order chi connectivity index (χ1) is 18.0. The molecule has 38 heavy (non-hydrogen) atoms. The summed E-state index contributed by atoms with van der Waals surface area (Å²) in [5, 5.41) is 8.20. The fourth-order valence-electron chi connectivity index (χ4n) is 3.75. The van der Waals surface area contributed by atoms with Gasteiger partial charge in [-0.1, -0.05) is 6.08 Å². The van der Waals surface area contributed by atoms with Crippen molar-refractivity contribution in [2.75, 3.05) is 40.5 Å². The Hall–Kier alpha value is -3.10. The zero-order valence-electron chi connectivity index (χ0n) is 21.1. The Bertz CT molecular complexity index is 1040. The number of hydrogen-bond donors (Lipinski definition) is 2. The van der Waals surface area contributed by atoms with Gasteiger partial charge in [-0.15, -0.1) is 0 Å². The maximum Gasteiger partial charge on any atom is 0.390 e. The van der Waals surface area contributed by atoms with E-state index in [1.807, 2.05) is 0 Å². The van der Waals surface area contributed by atoms with Crippen molar-refractivity contribution >= 4 is 5.70 Å². The number of pyridine rings is 2. The number of ether oxygens (including phenoxy) is 3. The lowest BCUT2D eigenvalue weighted by molar-refractivity contribution is -0.165. The summed E-state index contributed by atoms with van der Waals surface area (Å²) in [6.45, 7) is -0.528. The van der Waals surface area contributed by atoms with Crippen LogP contribution in [0.3, 0.4) is 0 Å². The summed E-state index contributed by atoms with van der Waals surface area (Å²) in [6, 6.07) is 6.20. The van der Waals surface area contributed by atoms with Crippen LogP contribution >= 0.6 is 0 Å². The largest absolute Gasteiger partial charge is 0.485 e. The van der Waals surface area contributed by atoms with E-state index in [2.05, 4.69) is 15.7 Å². The van der Waals surface area contributed by atoms with Crippen LogP contribution in [0.25, 0.3) is 5.70 Å². The lowest BCUT2D eigenvalue weighted by atomic mass is 9.78. The topological polar surface area (TPSA) is 105 Å². The monoisotopic (exact) mass is 554 g/mol. The number of halogens is 6. The maximum atomic E-state index is 13.3. The number of hydrogen-bond acceptors (Lipinski definition) is 7. The van der Waals surface area contributed by atoms with Gasteiger partial charge in [-0.3, -0.25) is 5.41 Å². The van der Waals surface area contributed by atoms with Gasteiger partial charge in [-0.2, -0.15) is 13.2 Å². The van der Waals surface area contributed by atoms with Crippen molar-refractivity contribution in [1.29, 1.82) is 5.41 Å². The molecule has 1 atom stereocenters. The van der Waals surface area contributed by atoms with E-state index < -0.39 is 31.6 Å². The molecule has 1 unspecified atom stereocenters. The van der Waals surface area contributed by atoms with Gasteiger partial charge in [0, 0.05) is 23.9 Å². The number of aromatic nitrogens is 2. The third-order valence-electron chi connectivity index (χ3n) is 5.01. The predicted molar refractivity (Wildman–Crippen MR) is 127 cm³/mol.